The van der Waals surface area contributed by atoms with Gasteiger partial charge < -0.3 is 9.84 Å². The first-order chi connectivity index (χ1) is 7.83. The van der Waals surface area contributed by atoms with E-state index in [1.165, 1.54) is 6.07 Å². The fourth-order valence-corrected chi connectivity index (χ4v) is 1.30. The minimum absolute atomic E-state index is 0.00219. The lowest BCUT2D eigenvalue weighted by Gasteiger charge is -2.11. The number of Topliss-reactive ketones (excluding diaryl/α,β-unsaturated/α-hetero) is 1. The van der Waals surface area contributed by atoms with Gasteiger partial charge in [0, 0.05) is 17.9 Å². The zero-order valence-electron chi connectivity index (χ0n) is 8.42. The minimum atomic E-state index is -4.92. The molecule has 0 saturated heterocycles. The number of alkyl halides is 4. The van der Waals surface area contributed by atoms with Gasteiger partial charge in [0.2, 0.25) is 0 Å². The molecule has 1 aromatic rings. The van der Waals surface area contributed by atoms with Crippen LogP contribution < -0.4 is 4.74 Å². The molecule has 0 bridgehead atoms. The molecule has 0 saturated carbocycles. The van der Waals surface area contributed by atoms with Crippen molar-refractivity contribution in [3.8, 4) is 11.5 Å². The molecule has 7 heteroatoms. The summed E-state index contributed by atoms with van der Waals surface area (Å²) in [5, 5.41) is 9.15. The maximum Gasteiger partial charge on any atom is 0.573 e. The Morgan fingerprint density at radius 3 is 2.59 bits per heavy atom. The van der Waals surface area contributed by atoms with Crippen molar-refractivity contribution in [3.63, 3.8) is 0 Å². The number of carbonyl (C=O) groups excluding carboxylic acids is 1. The Balaban J connectivity index is 2.98. The van der Waals surface area contributed by atoms with E-state index in [1.807, 2.05) is 0 Å². The number of carbonyl (C=O) groups is 1. The molecule has 94 valence electrons. The zero-order chi connectivity index (χ0) is 13.1. The van der Waals surface area contributed by atoms with Gasteiger partial charge >= 0.3 is 6.36 Å². The van der Waals surface area contributed by atoms with Crippen molar-refractivity contribution in [2.45, 2.75) is 12.8 Å². The molecule has 0 heterocycles. The van der Waals surface area contributed by atoms with Crippen molar-refractivity contribution in [2.24, 2.45) is 0 Å². The van der Waals surface area contributed by atoms with Crippen molar-refractivity contribution in [3.05, 3.63) is 23.8 Å². The Hall–Kier alpha value is -1.43. The first-order valence-corrected chi connectivity index (χ1v) is 5.05. The van der Waals surface area contributed by atoms with Gasteiger partial charge in [-0.15, -0.1) is 24.8 Å². The van der Waals surface area contributed by atoms with E-state index < -0.39 is 23.6 Å². The maximum atomic E-state index is 12.0. The quantitative estimate of drug-likeness (QED) is 0.674. The highest BCUT2D eigenvalue weighted by Gasteiger charge is 2.32. The Bertz CT molecular complexity index is 418. The SMILES string of the molecule is O=C(CCCl)c1ccc(O)c(OC(F)(F)F)c1. The van der Waals surface area contributed by atoms with Crippen molar-refractivity contribution >= 4 is 17.4 Å². The van der Waals surface area contributed by atoms with Crippen LogP contribution in [0.25, 0.3) is 0 Å². The second kappa shape index (κ2) is 5.27. The average Bonchev–Trinajstić information content (AvgIpc) is 2.19. The van der Waals surface area contributed by atoms with Crippen LogP contribution in [0, 0.1) is 0 Å². The first-order valence-electron chi connectivity index (χ1n) is 4.51. The summed E-state index contributed by atoms with van der Waals surface area (Å²) in [6, 6.07) is 2.99. The lowest BCUT2D eigenvalue weighted by atomic mass is 10.1. The van der Waals surface area contributed by atoms with Gasteiger partial charge in [0.1, 0.15) is 0 Å². The Labute approximate surface area is 99.8 Å². The monoisotopic (exact) mass is 268 g/mol. The van der Waals surface area contributed by atoms with Crippen LogP contribution in [0.5, 0.6) is 11.5 Å². The number of ether oxygens (including phenoxy) is 1. The van der Waals surface area contributed by atoms with Crippen LogP contribution >= 0.6 is 11.6 Å². The van der Waals surface area contributed by atoms with E-state index in [-0.39, 0.29) is 17.9 Å². The molecule has 1 rings (SSSR count). The van der Waals surface area contributed by atoms with Crippen molar-refractivity contribution < 1.29 is 27.8 Å². The third-order valence-corrected chi connectivity index (χ3v) is 2.02. The van der Waals surface area contributed by atoms with Crippen molar-refractivity contribution in [1.82, 2.24) is 0 Å². The standard InChI is InChI=1S/C10H8ClF3O3/c11-4-3-7(15)6-1-2-8(16)9(5-6)17-10(12,13)14/h1-2,5,16H,3-4H2. The Morgan fingerprint density at radius 1 is 1.41 bits per heavy atom. The van der Waals surface area contributed by atoms with E-state index in [0.29, 0.717) is 0 Å². The van der Waals surface area contributed by atoms with Gasteiger partial charge in [-0.1, -0.05) is 0 Å². The summed E-state index contributed by atoms with van der Waals surface area (Å²) < 4.78 is 39.5. The number of phenolic OH excluding ortho intramolecular Hbond substituents is 1. The molecule has 0 radical (unpaired) electrons. The van der Waals surface area contributed by atoms with Gasteiger partial charge in [-0.25, -0.2) is 0 Å². The molecule has 0 unspecified atom stereocenters. The van der Waals surface area contributed by atoms with E-state index in [2.05, 4.69) is 4.74 Å². The van der Waals surface area contributed by atoms with Crippen LogP contribution in [0.1, 0.15) is 16.8 Å². The summed E-state index contributed by atoms with van der Waals surface area (Å²) >= 11 is 5.34. The van der Waals surface area contributed by atoms with Gasteiger partial charge in [-0.2, -0.15) is 0 Å². The van der Waals surface area contributed by atoms with E-state index >= 15 is 0 Å². The lowest BCUT2D eigenvalue weighted by Crippen LogP contribution is -2.17. The summed E-state index contributed by atoms with van der Waals surface area (Å²) in [4.78, 5) is 11.4. The summed E-state index contributed by atoms with van der Waals surface area (Å²) in [7, 11) is 0. The molecular weight excluding hydrogens is 261 g/mol. The molecule has 0 amide bonds. The van der Waals surface area contributed by atoms with Gasteiger partial charge in [0.25, 0.3) is 0 Å². The Kier molecular flexibility index (Phi) is 4.22. The fraction of sp³-hybridized carbons (Fsp3) is 0.300. The Morgan fingerprint density at radius 2 is 2.06 bits per heavy atom. The van der Waals surface area contributed by atoms with E-state index in [0.717, 1.165) is 12.1 Å². The van der Waals surface area contributed by atoms with Gasteiger partial charge in [-0.05, 0) is 18.2 Å². The largest absolute Gasteiger partial charge is 0.573 e. The average molecular weight is 269 g/mol. The maximum absolute atomic E-state index is 12.0. The zero-order valence-corrected chi connectivity index (χ0v) is 9.18. The third kappa shape index (κ3) is 4.14. The predicted octanol–water partition coefficient (Wildman–Crippen LogP) is 3.10. The van der Waals surface area contributed by atoms with Gasteiger partial charge in [-0.3, -0.25) is 4.79 Å². The molecule has 3 nitrogen and oxygen atoms in total. The van der Waals surface area contributed by atoms with Gasteiger partial charge in [0.15, 0.2) is 17.3 Å². The summed E-state index contributed by atoms with van der Waals surface area (Å²) in [5.74, 6) is -1.86. The van der Waals surface area contributed by atoms with Crippen LogP contribution in [0.4, 0.5) is 13.2 Å². The summed E-state index contributed by atoms with van der Waals surface area (Å²) in [6.07, 6.45) is -4.93. The molecule has 0 aliphatic heterocycles. The molecule has 1 N–H and O–H groups in total. The third-order valence-electron chi connectivity index (χ3n) is 1.83. The number of ketones is 1. The lowest BCUT2D eigenvalue weighted by molar-refractivity contribution is -0.275. The van der Waals surface area contributed by atoms with E-state index in [9.17, 15) is 18.0 Å². The molecule has 0 fully saturated rings. The second-order valence-corrected chi connectivity index (χ2v) is 3.47. The van der Waals surface area contributed by atoms with Crippen LogP contribution in [0.2, 0.25) is 0 Å². The smallest absolute Gasteiger partial charge is 0.504 e. The highest BCUT2D eigenvalue weighted by Crippen LogP contribution is 2.32. The summed E-state index contributed by atoms with van der Waals surface area (Å²) in [5.41, 5.74) is 0.00250. The number of hydrogen-bond acceptors (Lipinski definition) is 3. The number of halogens is 4. The molecule has 0 spiro atoms. The highest BCUT2D eigenvalue weighted by atomic mass is 35.5. The first kappa shape index (κ1) is 13.6. The molecule has 0 atom stereocenters. The van der Waals surface area contributed by atoms with Crippen molar-refractivity contribution in [1.29, 1.82) is 0 Å². The number of hydrogen-bond donors (Lipinski definition) is 1. The normalized spacial score (nSPS) is 11.3. The van der Waals surface area contributed by atoms with Crippen molar-refractivity contribution in [2.75, 3.05) is 5.88 Å². The minimum Gasteiger partial charge on any atom is -0.504 e. The number of phenols is 1. The fourth-order valence-electron chi connectivity index (χ4n) is 1.12. The number of benzene rings is 1. The molecular formula is C10H8ClF3O3. The summed E-state index contributed by atoms with van der Waals surface area (Å²) in [6.45, 7) is 0. The molecule has 0 aliphatic carbocycles. The second-order valence-electron chi connectivity index (χ2n) is 3.09. The van der Waals surface area contributed by atoms with Crippen LogP contribution in [-0.4, -0.2) is 23.1 Å². The number of rotatable bonds is 4. The van der Waals surface area contributed by atoms with Crippen LogP contribution in [0.3, 0.4) is 0 Å². The van der Waals surface area contributed by atoms with Gasteiger partial charge in [0.05, 0.1) is 0 Å². The highest BCUT2D eigenvalue weighted by molar-refractivity contribution is 6.19. The molecule has 0 aromatic heterocycles. The molecule has 17 heavy (non-hydrogen) atoms. The van der Waals surface area contributed by atoms with Crippen LogP contribution in [-0.2, 0) is 0 Å². The topological polar surface area (TPSA) is 46.5 Å². The molecule has 1 aromatic carbocycles. The van der Waals surface area contributed by atoms with E-state index in [4.69, 9.17) is 16.7 Å². The van der Waals surface area contributed by atoms with E-state index in [1.54, 1.807) is 0 Å². The molecule has 0 aliphatic rings. The predicted molar refractivity (Wildman–Crippen MR) is 54.5 cm³/mol. The van der Waals surface area contributed by atoms with Crippen LogP contribution in [0.15, 0.2) is 18.2 Å². The number of aromatic hydroxyl groups is 1.